The summed E-state index contributed by atoms with van der Waals surface area (Å²) in [6.07, 6.45) is 8.62. The van der Waals surface area contributed by atoms with E-state index in [4.69, 9.17) is 14.2 Å². The number of carbonyl (C=O) groups excluding carboxylic acids is 2. The Kier molecular flexibility index (Phi) is 9.24. The molecule has 1 N–H and O–H groups in total. The number of methoxy groups -OCH3 is 2. The van der Waals surface area contributed by atoms with Crippen molar-refractivity contribution in [1.82, 2.24) is 0 Å². The van der Waals surface area contributed by atoms with Gasteiger partial charge >= 0.3 is 5.97 Å². The lowest BCUT2D eigenvalue weighted by Gasteiger charge is -2.16. The Bertz CT molecular complexity index is 1320. The van der Waals surface area contributed by atoms with Gasteiger partial charge in [0.1, 0.15) is 10.6 Å². The van der Waals surface area contributed by atoms with Crippen molar-refractivity contribution in [2.24, 2.45) is 5.92 Å². The van der Waals surface area contributed by atoms with Crippen LogP contribution in [0.5, 0.6) is 11.5 Å². The van der Waals surface area contributed by atoms with Crippen LogP contribution < -0.4 is 14.8 Å². The Morgan fingerprint density at radius 2 is 1.82 bits per heavy atom. The van der Waals surface area contributed by atoms with Crippen LogP contribution in [0.1, 0.15) is 60.2 Å². The normalized spacial score (nSPS) is 12.9. The first-order valence-electron chi connectivity index (χ1n) is 13.0. The van der Waals surface area contributed by atoms with Gasteiger partial charge in [0.2, 0.25) is 5.91 Å². The van der Waals surface area contributed by atoms with E-state index in [9.17, 15) is 9.59 Å². The van der Waals surface area contributed by atoms with Gasteiger partial charge in [-0.2, -0.15) is 0 Å². The number of hydrogen-bond donors (Lipinski definition) is 1. The summed E-state index contributed by atoms with van der Waals surface area (Å²) in [6, 6.07) is 11.9. The highest BCUT2D eigenvalue weighted by atomic mass is 32.1. The zero-order valence-electron chi connectivity index (χ0n) is 22.5. The predicted molar refractivity (Wildman–Crippen MR) is 153 cm³/mol. The van der Waals surface area contributed by atoms with Gasteiger partial charge in [-0.25, -0.2) is 4.79 Å². The Morgan fingerprint density at radius 1 is 1.03 bits per heavy atom. The molecular formula is C31H35NO5S. The Hall–Kier alpha value is -3.58. The number of benzene rings is 2. The molecule has 3 aromatic rings. The molecule has 2 aromatic carbocycles. The molecule has 1 aliphatic carbocycles. The van der Waals surface area contributed by atoms with Crippen LogP contribution in [-0.2, 0) is 22.4 Å². The molecule has 6 nitrogen and oxygen atoms in total. The fourth-order valence-corrected chi connectivity index (χ4v) is 5.47. The number of anilines is 1. The van der Waals surface area contributed by atoms with E-state index in [1.807, 2.05) is 29.6 Å². The molecule has 1 aromatic heterocycles. The number of amides is 1. The Balaban J connectivity index is 1.50. The van der Waals surface area contributed by atoms with E-state index in [1.54, 1.807) is 13.2 Å². The smallest absolute Gasteiger partial charge is 0.341 e. The van der Waals surface area contributed by atoms with Gasteiger partial charge in [0, 0.05) is 17.0 Å². The average Bonchev–Trinajstić information content (AvgIpc) is 3.34. The SMILES string of the molecule is COC(=O)c1c(-c2ccc3c(c2)CCCC3)csc1NC(=O)/C=C/c1ccc(OCCC(C)C)c(OC)c1. The summed E-state index contributed by atoms with van der Waals surface area (Å²) in [4.78, 5) is 25.6. The predicted octanol–water partition coefficient (Wildman–Crippen LogP) is 7.17. The van der Waals surface area contributed by atoms with Gasteiger partial charge in [0.25, 0.3) is 0 Å². The largest absolute Gasteiger partial charge is 0.493 e. The lowest BCUT2D eigenvalue weighted by Crippen LogP contribution is -2.11. The van der Waals surface area contributed by atoms with Crippen molar-refractivity contribution in [1.29, 1.82) is 0 Å². The number of esters is 1. The summed E-state index contributed by atoms with van der Waals surface area (Å²) in [5.74, 6) is 1.02. The molecule has 0 unspecified atom stereocenters. The van der Waals surface area contributed by atoms with Crippen LogP contribution in [0.3, 0.4) is 0 Å². The summed E-state index contributed by atoms with van der Waals surface area (Å²) in [6.45, 7) is 4.92. The van der Waals surface area contributed by atoms with Gasteiger partial charge in [0.05, 0.1) is 20.8 Å². The van der Waals surface area contributed by atoms with E-state index in [0.29, 0.717) is 34.6 Å². The van der Waals surface area contributed by atoms with Crippen LogP contribution in [0.25, 0.3) is 17.2 Å². The molecule has 0 spiro atoms. The van der Waals surface area contributed by atoms with Crippen LogP contribution in [0.4, 0.5) is 5.00 Å². The number of nitrogens with one attached hydrogen (secondary N) is 1. The molecule has 1 aliphatic rings. The van der Waals surface area contributed by atoms with Crippen molar-refractivity contribution in [3.05, 3.63) is 70.1 Å². The summed E-state index contributed by atoms with van der Waals surface area (Å²) in [5.41, 5.74) is 5.60. The molecule has 200 valence electrons. The maximum Gasteiger partial charge on any atom is 0.341 e. The molecular weight excluding hydrogens is 498 g/mol. The second-order valence-electron chi connectivity index (χ2n) is 9.80. The summed E-state index contributed by atoms with van der Waals surface area (Å²) < 4.78 is 16.4. The number of thiophene rings is 1. The van der Waals surface area contributed by atoms with Crippen LogP contribution in [0.15, 0.2) is 47.9 Å². The number of rotatable bonds is 10. The van der Waals surface area contributed by atoms with E-state index < -0.39 is 5.97 Å². The minimum absolute atomic E-state index is 0.342. The average molecular weight is 534 g/mol. The molecule has 7 heteroatoms. The van der Waals surface area contributed by atoms with Crippen molar-refractivity contribution >= 4 is 34.3 Å². The van der Waals surface area contributed by atoms with E-state index >= 15 is 0 Å². The molecule has 0 aliphatic heterocycles. The number of ether oxygens (including phenoxy) is 3. The molecule has 1 heterocycles. The third-order valence-corrected chi connectivity index (χ3v) is 7.54. The van der Waals surface area contributed by atoms with Crippen LogP contribution >= 0.6 is 11.3 Å². The zero-order valence-corrected chi connectivity index (χ0v) is 23.3. The monoisotopic (exact) mass is 533 g/mol. The third kappa shape index (κ3) is 6.64. The van der Waals surface area contributed by atoms with Crippen LogP contribution in [-0.4, -0.2) is 32.7 Å². The van der Waals surface area contributed by atoms with Crippen LogP contribution in [0.2, 0.25) is 0 Å². The highest BCUT2D eigenvalue weighted by Gasteiger charge is 2.23. The van der Waals surface area contributed by atoms with Gasteiger partial charge in [-0.15, -0.1) is 11.3 Å². The summed E-state index contributed by atoms with van der Waals surface area (Å²) in [5, 5.41) is 5.23. The molecule has 0 radical (unpaired) electrons. The fraction of sp³-hybridized carbons (Fsp3) is 0.355. The first kappa shape index (κ1) is 27.5. The van der Waals surface area contributed by atoms with Gasteiger partial charge < -0.3 is 19.5 Å². The highest BCUT2D eigenvalue weighted by molar-refractivity contribution is 7.15. The first-order valence-corrected chi connectivity index (χ1v) is 13.9. The maximum atomic E-state index is 12.8. The highest BCUT2D eigenvalue weighted by Crippen LogP contribution is 2.38. The number of carbonyl (C=O) groups is 2. The molecule has 38 heavy (non-hydrogen) atoms. The molecule has 0 saturated carbocycles. The van der Waals surface area contributed by atoms with Crippen molar-refractivity contribution in [2.45, 2.75) is 46.0 Å². The van der Waals surface area contributed by atoms with Gasteiger partial charge in [0.15, 0.2) is 11.5 Å². The lowest BCUT2D eigenvalue weighted by atomic mass is 9.89. The van der Waals surface area contributed by atoms with Crippen molar-refractivity contribution in [3.63, 3.8) is 0 Å². The topological polar surface area (TPSA) is 73.9 Å². The molecule has 1 amide bonds. The van der Waals surface area contributed by atoms with Crippen molar-refractivity contribution in [3.8, 4) is 22.6 Å². The Morgan fingerprint density at radius 3 is 2.55 bits per heavy atom. The van der Waals surface area contributed by atoms with Gasteiger partial charge in [-0.05, 0) is 78.5 Å². The van der Waals surface area contributed by atoms with E-state index in [0.717, 1.165) is 36.0 Å². The van der Waals surface area contributed by atoms with Gasteiger partial charge in [-0.3, -0.25) is 4.79 Å². The zero-order chi connectivity index (χ0) is 27.1. The number of aryl methyl sites for hydroxylation is 2. The van der Waals surface area contributed by atoms with Crippen molar-refractivity contribution in [2.75, 3.05) is 26.1 Å². The maximum absolute atomic E-state index is 12.8. The second-order valence-corrected chi connectivity index (χ2v) is 10.7. The summed E-state index contributed by atoms with van der Waals surface area (Å²) in [7, 11) is 2.95. The van der Waals surface area contributed by atoms with Crippen LogP contribution in [0, 0.1) is 5.92 Å². The van der Waals surface area contributed by atoms with E-state index in [2.05, 4.69) is 31.3 Å². The third-order valence-electron chi connectivity index (χ3n) is 6.64. The van der Waals surface area contributed by atoms with E-state index in [-0.39, 0.29) is 5.91 Å². The molecule has 0 atom stereocenters. The van der Waals surface area contributed by atoms with E-state index in [1.165, 1.54) is 48.5 Å². The molecule has 0 fully saturated rings. The van der Waals surface area contributed by atoms with Crippen molar-refractivity contribution < 1.29 is 23.8 Å². The standard InChI is InChI=1S/C31H35NO5S/c1-20(2)15-16-37-26-13-9-21(17-27(26)35-3)10-14-28(33)32-30-29(31(34)36-4)25(19-38-30)24-12-11-22-7-5-6-8-23(22)18-24/h9-14,17-20H,5-8,15-16H2,1-4H3,(H,32,33)/b14-10+. The molecule has 0 saturated heterocycles. The summed E-state index contributed by atoms with van der Waals surface area (Å²) >= 11 is 1.32. The minimum atomic E-state index is -0.476. The number of fused-ring (bicyclic) bond motifs is 1. The first-order chi connectivity index (χ1) is 18.4. The quantitative estimate of drug-likeness (QED) is 0.221. The fourth-order valence-electron chi connectivity index (χ4n) is 4.51. The number of hydrogen-bond acceptors (Lipinski definition) is 6. The lowest BCUT2D eigenvalue weighted by molar-refractivity contribution is -0.111. The Labute approximate surface area is 228 Å². The second kappa shape index (κ2) is 12.8. The van der Waals surface area contributed by atoms with Gasteiger partial charge in [-0.1, -0.05) is 38.1 Å². The minimum Gasteiger partial charge on any atom is -0.493 e. The molecule has 0 bridgehead atoms. The molecule has 4 rings (SSSR count).